The fourth-order valence-electron chi connectivity index (χ4n) is 7.57. The van der Waals surface area contributed by atoms with E-state index in [1.165, 1.54) is 30.3 Å². The number of para-hydroxylation sites is 1. The van der Waals surface area contributed by atoms with Crippen LogP contribution >= 0.6 is 23.2 Å². The summed E-state index contributed by atoms with van der Waals surface area (Å²) >= 11 is 14.5. The number of nitrogens with zero attached hydrogens (tertiary/aromatic N) is 2. The maximum absolute atomic E-state index is 14.3. The van der Waals surface area contributed by atoms with Gasteiger partial charge in [0, 0.05) is 17.5 Å². The molecule has 1 saturated carbocycles. The number of aromatic carboxylic acids is 1. The van der Waals surface area contributed by atoms with Crippen molar-refractivity contribution in [1.82, 2.24) is 0 Å². The highest BCUT2D eigenvalue weighted by Gasteiger charge is 2.77. The quantitative estimate of drug-likeness (QED) is 0.206. The second kappa shape index (κ2) is 10.1. The van der Waals surface area contributed by atoms with Crippen molar-refractivity contribution in [2.45, 2.75) is 28.5 Å². The van der Waals surface area contributed by atoms with Gasteiger partial charge in [-0.3, -0.25) is 19.2 Å². The summed E-state index contributed by atoms with van der Waals surface area (Å²) in [5, 5.41) is 30.6. The standard InChI is InChI=1S/C33H23Cl2FN2O8/c34-32-14-22-18(11-12-21-25(22)28(42)37(27(21)41)17-9-10-20(29(43)44)24(40)13-17)26(19-3-1-2-4-23(19)39)33(32,35)31(46)38(30(32)45)16-7-5-15(36)6-8-16/h1-11,13,21-22,25-26,39-40H,12,14H2,(H,43,44). The van der Waals surface area contributed by atoms with Crippen LogP contribution in [0.2, 0.25) is 0 Å². The third kappa shape index (κ3) is 3.84. The number of carboxylic acid groups (broad SMARTS) is 1. The lowest BCUT2D eigenvalue weighted by Gasteiger charge is -2.50. The summed E-state index contributed by atoms with van der Waals surface area (Å²) in [7, 11) is 0. The summed E-state index contributed by atoms with van der Waals surface area (Å²) in [4.78, 5) is 65.1. The summed E-state index contributed by atoms with van der Waals surface area (Å²) in [5.41, 5.74) is 0.202. The minimum atomic E-state index is -2.20. The molecule has 13 heteroatoms. The van der Waals surface area contributed by atoms with Gasteiger partial charge < -0.3 is 15.3 Å². The predicted molar refractivity (Wildman–Crippen MR) is 162 cm³/mol. The first kappa shape index (κ1) is 29.9. The first-order valence-electron chi connectivity index (χ1n) is 14.3. The van der Waals surface area contributed by atoms with Crippen molar-refractivity contribution in [3.05, 3.63) is 95.3 Å². The Hall–Kier alpha value is -4.74. The van der Waals surface area contributed by atoms with Crippen molar-refractivity contribution in [3.63, 3.8) is 0 Å². The smallest absolute Gasteiger partial charge is 0.339 e. The highest BCUT2D eigenvalue weighted by Crippen LogP contribution is 2.66. The van der Waals surface area contributed by atoms with Gasteiger partial charge in [0.2, 0.25) is 11.8 Å². The van der Waals surface area contributed by atoms with Crippen LogP contribution in [0, 0.1) is 23.6 Å². The molecule has 234 valence electrons. The molecule has 4 amide bonds. The van der Waals surface area contributed by atoms with E-state index >= 15 is 0 Å². The molecule has 0 aromatic heterocycles. The number of imide groups is 2. The number of hydrogen-bond donors (Lipinski definition) is 3. The molecule has 0 bridgehead atoms. The zero-order chi connectivity index (χ0) is 32.9. The molecule has 2 saturated heterocycles. The number of phenolic OH excluding ortho intramolecular Hbond substituents is 1. The zero-order valence-corrected chi connectivity index (χ0v) is 25.1. The van der Waals surface area contributed by atoms with E-state index < -0.39 is 80.1 Å². The predicted octanol–water partition coefficient (Wildman–Crippen LogP) is 4.70. The Balaban J connectivity index is 1.37. The van der Waals surface area contributed by atoms with Crippen LogP contribution < -0.4 is 9.80 Å². The Morgan fingerprint density at radius 3 is 2.15 bits per heavy atom. The lowest BCUT2D eigenvalue weighted by molar-refractivity contribution is -0.125. The molecule has 2 aliphatic heterocycles. The molecule has 2 aliphatic carbocycles. The number of carbonyl (C=O) groups is 5. The maximum Gasteiger partial charge on any atom is 0.339 e. The van der Waals surface area contributed by atoms with Crippen molar-refractivity contribution in [2.24, 2.45) is 17.8 Å². The average Bonchev–Trinajstić information content (AvgIpc) is 3.36. The second-order valence-corrected chi connectivity index (χ2v) is 13.1. The van der Waals surface area contributed by atoms with Crippen molar-refractivity contribution < 1.29 is 43.7 Å². The maximum atomic E-state index is 14.3. The average molecular weight is 665 g/mol. The molecule has 3 N–H and O–H groups in total. The van der Waals surface area contributed by atoms with E-state index in [4.69, 9.17) is 23.2 Å². The molecule has 10 nitrogen and oxygen atoms in total. The summed E-state index contributed by atoms with van der Waals surface area (Å²) in [6.07, 6.45) is 1.42. The highest BCUT2D eigenvalue weighted by atomic mass is 35.5. The number of anilines is 2. The highest BCUT2D eigenvalue weighted by molar-refractivity contribution is 6.58. The fraction of sp³-hybridized carbons (Fsp3) is 0.242. The van der Waals surface area contributed by atoms with Gasteiger partial charge >= 0.3 is 5.97 Å². The molecule has 0 spiro atoms. The first-order valence-corrected chi connectivity index (χ1v) is 15.0. The normalized spacial score (nSPS) is 30.2. The molecule has 7 rings (SSSR count). The van der Waals surface area contributed by atoms with Crippen LogP contribution in [0.4, 0.5) is 15.8 Å². The molecule has 0 radical (unpaired) electrons. The third-order valence-electron chi connectivity index (χ3n) is 9.61. The minimum absolute atomic E-state index is 0.0274. The summed E-state index contributed by atoms with van der Waals surface area (Å²) in [6.45, 7) is 0. The SMILES string of the molecule is O=C(O)c1ccc(N2C(=O)C3CC=C4C(CC5(Cl)C(=O)N(c6ccc(F)cc6)C(=O)C5(Cl)C4c4ccccc4O)C3C2=O)cc1O. The zero-order valence-electron chi connectivity index (χ0n) is 23.6. The van der Waals surface area contributed by atoms with Gasteiger partial charge in [-0.2, -0.15) is 0 Å². The summed E-state index contributed by atoms with van der Waals surface area (Å²) in [6, 6.07) is 14.1. The number of benzene rings is 3. The molecule has 3 aromatic rings. The fourth-order valence-corrected chi connectivity index (χ4v) is 8.50. The molecule has 46 heavy (non-hydrogen) atoms. The van der Waals surface area contributed by atoms with E-state index in [1.807, 2.05) is 0 Å². The van der Waals surface area contributed by atoms with Gasteiger partial charge in [0.1, 0.15) is 22.9 Å². The van der Waals surface area contributed by atoms with E-state index in [9.17, 15) is 43.7 Å². The Bertz CT molecular complexity index is 1930. The summed E-state index contributed by atoms with van der Waals surface area (Å²) < 4.78 is 13.8. The molecule has 3 aromatic carbocycles. The van der Waals surface area contributed by atoms with Gasteiger partial charge in [-0.25, -0.2) is 19.0 Å². The van der Waals surface area contributed by atoms with E-state index in [1.54, 1.807) is 18.2 Å². The monoisotopic (exact) mass is 664 g/mol. The van der Waals surface area contributed by atoms with Gasteiger partial charge in [0.15, 0.2) is 9.75 Å². The Labute approximate surface area is 270 Å². The van der Waals surface area contributed by atoms with Crippen LogP contribution in [-0.2, 0) is 19.2 Å². The number of rotatable bonds is 4. The van der Waals surface area contributed by atoms with Crippen LogP contribution in [0.5, 0.6) is 11.5 Å². The second-order valence-electron chi connectivity index (χ2n) is 11.8. The van der Waals surface area contributed by atoms with Gasteiger partial charge in [-0.1, -0.05) is 29.8 Å². The molecule has 6 atom stereocenters. The van der Waals surface area contributed by atoms with E-state index in [2.05, 4.69) is 0 Å². The van der Waals surface area contributed by atoms with Crippen molar-refractivity contribution in [3.8, 4) is 11.5 Å². The number of hydrogen-bond acceptors (Lipinski definition) is 7. The van der Waals surface area contributed by atoms with Crippen LogP contribution in [0.25, 0.3) is 0 Å². The Morgan fingerprint density at radius 1 is 0.826 bits per heavy atom. The van der Waals surface area contributed by atoms with Crippen molar-refractivity contribution in [1.29, 1.82) is 0 Å². The Kier molecular flexibility index (Phi) is 6.60. The van der Waals surface area contributed by atoms with Crippen molar-refractivity contribution >= 4 is 64.2 Å². The van der Waals surface area contributed by atoms with Gasteiger partial charge in [-0.05, 0) is 61.2 Å². The topological polar surface area (TPSA) is 153 Å². The number of fused-ring (bicyclic) bond motifs is 4. The number of phenols is 2. The minimum Gasteiger partial charge on any atom is -0.508 e. The number of alkyl halides is 2. The van der Waals surface area contributed by atoms with Crippen LogP contribution in [0.15, 0.2) is 78.4 Å². The van der Waals surface area contributed by atoms with E-state index in [0.29, 0.717) is 5.57 Å². The molecular weight excluding hydrogens is 642 g/mol. The molecule has 6 unspecified atom stereocenters. The van der Waals surface area contributed by atoms with E-state index in [-0.39, 0.29) is 35.5 Å². The van der Waals surface area contributed by atoms with Crippen molar-refractivity contribution in [2.75, 3.05) is 9.80 Å². The molecular formula is C33H23Cl2FN2O8. The lowest BCUT2D eigenvalue weighted by Crippen LogP contribution is -2.60. The molecule has 2 heterocycles. The number of aromatic hydroxyl groups is 2. The summed E-state index contributed by atoms with van der Waals surface area (Å²) in [5.74, 6) is -10.0. The number of carboxylic acids is 1. The number of amides is 4. The molecule has 3 fully saturated rings. The van der Waals surface area contributed by atoms with Crippen LogP contribution in [-0.4, -0.2) is 54.7 Å². The third-order valence-corrected chi connectivity index (χ3v) is 11.0. The van der Waals surface area contributed by atoms with Gasteiger partial charge in [-0.15, -0.1) is 23.2 Å². The van der Waals surface area contributed by atoms with Gasteiger partial charge in [0.05, 0.1) is 23.2 Å². The van der Waals surface area contributed by atoms with Crippen LogP contribution in [0.3, 0.4) is 0 Å². The molecule has 4 aliphatic rings. The van der Waals surface area contributed by atoms with E-state index in [0.717, 1.165) is 34.1 Å². The Morgan fingerprint density at radius 2 is 1.50 bits per heavy atom. The number of halogens is 3. The van der Waals surface area contributed by atoms with Gasteiger partial charge in [0.25, 0.3) is 11.8 Å². The van der Waals surface area contributed by atoms with Crippen LogP contribution in [0.1, 0.15) is 34.7 Å². The number of allylic oxidation sites excluding steroid dienone is 2. The number of carbonyl (C=O) groups excluding carboxylic acids is 4. The largest absolute Gasteiger partial charge is 0.508 e. The lowest BCUT2D eigenvalue weighted by atomic mass is 9.56. The first-order chi connectivity index (χ1) is 21.8.